The van der Waals surface area contributed by atoms with Crippen LogP contribution < -0.4 is 14.8 Å². The van der Waals surface area contributed by atoms with Crippen LogP contribution in [0.25, 0.3) is 0 Å². The molecule has 0 saturated carbocycles. The van der Waals surface area contributed by atoms with Crippen molar-refractivity contribution in [2.45, 2.75) is 13.0 Å². The predicted molar refractivity (Wildman–Crippen MR) is 117 cm³/mol. The number of hydrogen-bond acceptors (Lipinski definition) is 4. The highest BCUT2D eigenvalue weighted by molar-refractivity contribution is 5.95. The summed E-state index contributed by atoms with van der Waals surface area (Å²) in [5, 5.41) is 3.15. The minimum atomic E-state index is -0.285. The van der Waals surface area contributed by atoms with E-state index in [4.69, 9.17) is 14.2 Å². The van der Waals surface area contributed by atoms with Crippen molar-refractivity contribution in [3.8, 4) is 11.5 Å². The lowest BCUT2D eigenvalue weighted by atomic mass is 9.98. The molecule has 0 aliphatic heterocycles. The van der Waals surface area contributed by atoms with E-state index in [0.29, 0.717) is 31.1 Å². The lowest BCUT2D eigenvalue weighted by Crippen LogP contribution is -2.29. The van der Waals surface area contributed by atoms with Gasteiger partial charge in [-0.25, -0.2) is 0 Å². The van der Waals surface area contributed by atoms with Gasteiger partial charge in [0.05, 0.1) is 19.8 Å². The molecule has 5 heteroatoms. The van der Waals surface area contributed by atoms with Crippen LogP contribution in [0.15, 0.2) is 78.9 Å². The summed E-state index contributed by atoms with van der Waals surface area (Å²) < 4.78 is 16.2. The van der Waals surface area contributed by atoms with Gasteiger partial charge in [-0.05, 0) is 48.4 Å². The second-order valence-corrected chi connectivity index (χ2v) is 6.66. The highest BCUT2D eigenvalue weighted by Crippen LogP contribution is 2.25. The molecule has 0 aromatic heterocycles. The number of benzene rings is 3. The van der Waals surface area contributed by atoms with Gasteiger partial charge in [-0.2, -0.15) is 0 Å². The average molecular weight is 405 g/mol. The molecule has 0 bridgehead atoms. The third-order valence-electron chi connectivity index (χ3n) is 4.65. The zero-order valence-corrected chi connectivity index (χ0v) is 17.3. The van der Waals surface area contributed by atoms with Gasteiger partial charge in [0.25, 0.3) is 5.91 Å². The second-order valence-electron chi connectivity index (χ2n) is 6.66. The van der Waals surface area contributed by atoms with E-state index in [1.54, 1.807) is 19.2 Å². The first kappa shape index (κ1) is 21.4. The van der Waals surface area contributed by atoms with Crippen molar-refractivity contribution in [3.63, 3.8) is 0 Å². The van der Waals surface area contributed by atoms with Gasteiger partial charge >= 0.3 is 0 Å². The van der Waals surface area contributed by atoms with Gasteiger partial charge in [-0.15, -0.1) is 0 Å². The van der Waals surface area contributed by atoms with Gasteiger partial charge in [0.15, 0.2) is 0 Å². The molecular weight excluding hydrogens is 378 g/mol. The van der Waals surface area contributed by atoms with Crippen LogP contribution in [-0.2, 0) is 4.74 Å². The van der Waals surface area contributed by atoms with Crippen LogP contribution in [0.3, 0.4) is 0 Å². The zero-order chi connectivity index (χ0) is 21.2. The molecule has 3 rings (SSSR count). The van der Waals surface area contributed by atoms with Crippen molar-refractivity contribution in [1.82, 2.24) is 5.32 Å². The minimum Gasteiger partial charge on any atom is -0.497 e. The van der Waals surface area contributed by atoms with Crippen LogP contribution in [0.5, 0.6) is 11.5 Å². The fourth-order valence-electron chi connectivity index (χ4n) is 3.11. The van der Waals surface area contributed by atoms with Crippen molar-refractivity contribution >= 4 is 5.91 Å². The molecule has 0 heterocycles. The summed E-state index contributed by atoms with van der Waals surface area (Å²) in [6.07, 6.45) is 0. The van der Waals surface area contributed by atoms with Crippen molar-refractivity contribution in [3.05, 3.63) is 95.6 Å². The molecule has 0 aliphatic rings. The fraction of sp³-hybridized carbons (Fsp3) is 0.240. The molecule has 156 valence electrons. The number of ether oxygens (including phenoxy) is 3. The molecule has 3 aromatic carbocycles. The van der Waals surface area contributed by atoms with Crippen LogP contribution in [0.4, 0.5) is 0 Å². The Hall–Kier alpha value is -3.31. The third kappa shape index (κ3) is 5.84. The van der Waals surface area contributed by atoms with Gasteiger partial charge in [-0.3, -0.25) is 4.79 Å². The molecule has 3 aromatic rings. The molecule has 0 spiro atoms. The molecule has 30 heavy (non-hydrogen) atoms. The summed E-state index contributed by atoms with van der Waals surface area (Å²) in [5.41, 5.74) is 2.51. The van der Waals surface area contributed by atoms with Gasteiger partial charge in [0, 0.05) is 12.2 Å². The number of hydrogen-bond donors (Lipinski definition) is 1. The molecule has 0 saturated heterocycles. The van der Waals surface area contributed by atoms with E-state index in [1.807, 2.05) is 73.7 Å². The molecule has 0 aliphatic carbocycles. The number of carbonyl (C=O) groups is 1. The molecule has 1 atom stereocenters. The van der Waals surface area contributed by atoms with Crippen molar-refractivity contribution in [2.75, 3.05) is 26.9 Å². The van der Waals surface area contributed by atoms with E-state index in [-0.39, 0.29) is 11.9 Å². The van der Waals surface area contributed by atoms with Gasteiger partial charge < -0.3 is 19.5 Å². The van der Waals surface area contributed by atoms with Gasteiger partial charge in [0.2, 0.25) is 0 Å². The number of nitrogens with one attached hydrogen (secondary N) is 1. The van der Waals surface area contributed by atoms with Crippen molar-refractivity contribution < 1.29 is 19.0 Å². The summed E-state index contributed by atoms with van der Waals surface area (Å²) in [5.74, 6) is 1.24. The second kappa shape index (κ2) is 11.0. The molecule has 0 fully saturated rings. The summed E-state index contributed by atoms with van der Waals surface area (Å²) in [4.78, 5) is 13.0. The zero-order valence-electron chi connectivity index (χ0n) is 17.3. The van der Waals surface area contributed by atoms with E-state index < -0.39 is 0 Å². The monoisotopic (exact) mass is 405 g/mol. The molecule has 5 nitrogen and oxygen atoms in total. The Morgan fingerprint density at radius 1 is 0.867 bits per heavy atom. The first-order valence-corrected chi connectivity index (χ1v) is 10.0. The van der Waals surface area contributed by atoms with Crippen LogP contribution in [0, 0.1) is 0 Å². The molecule has 1 amide bonds. The largest absolute Gasteiger partial charge is 0.497 e. The topological polar surface area (TPSA) is 56.8 Å². The standard InChI is InChI=1S/C25H27NO4/c1-3-29-16-17-30-23-11-7-10-21(18-23)25(27)26-24(19-8-5-4-6-9-19)20-12-14-22(28-2)15-13-20/h4-15,18,24H,3,16-17H2,1-2H3,(H,26,27)/t24-/m0/s1. The highest BCUT2D eigenvalue weighted by atomic mass is 16.5. The summed E-state index contributed by atoms with van der Waals surface area (Å²) in [6, 6.07) is 24.5. The summed E-state index contributed by atoms with van der Waals surface area (Å²) >= 11 is 0. The molecule has 1 N–H and O–H groups in total. The van der Waals surface area contributed by atoms with Crippen LogP contribution in [0.2, 0.25) is 0 Å². The Labute approximate surface area is 177 Å². The Kier molecular flexibility index (Phi) is 7.86. The SMILES string of the molecule is CCOCCOc1cccc(C(=O)N[C@@H](c2ccccc2)c2ccc(OC)cc2)c1. The van der Waals surface area contributed by atoms with Gasteiger partial charge in [0.1, 0.15) is 18.1 Å². The minimum absolute atomic E-state index is 0.171. The van der Waals surface area contributed by atoms with Crippen molar-refractivity contribution in [2.24, 2.45) is 0 Å². The maximum Gasteiger partial charge on any atom is 0.252 e. The first-order valence-electron chi connectivity index (χ1n) is 10.0. The van der Waals surface area contributed by atoms with E-state index >= 15 is 0 Å². The third-order valence-corrected chi connectivity index (χ3v) is 4.65. The quantitative estimate of drug-likeness (QED) is 0.500. The van der Waals surface area contributed by atoms with E-state index in [2.05, 4.69) is 5.32 Å². The molecule has 0 unspecified atom stereocenters. The lowest BCUT2D eigenvalue weighted by molar-refractivity contribution is 0.0941. The number of amides is 1. The maximum atomic E-state index is 13.0. The van der Waals surface area contributed by atoms with Gasteiger partial charge in [-0.1, -0.05) is 48.5 Å². The smallest absolute Gasteiger partial charge is 0.252 e. The first-order chi connectivity index (χ1) is 14.7. The number of rotatable bonds is 10. The normalized spacial score (nSPS) is 11.5. The number of carbonyl (C=O) groups excluding carboxylic acids is 1. The Morgan fingerprint density at radius 2 is 1.60 bits per heavy atom. The Balaban J connectivity index is 1.78. The fourth-order valence-corrected chi connectivity index (χ4v) is 3.11. The highest BCUT2D eigenvalue weighted by Gasteiger charge is 2.18. The summed E-state index contributed by atoms with van der Waals surface area (Å²) in [6.45, 7) is 3.55. The lowest BCUT2D eigenvalue weighted by Gasteiger charge is -2.20. The van der Waals surface area contributed by atoms with E-state index in [0.717, 1.165) is 16.9 Å². The van der Waals surface area contributed by atoms with E-state index in [9.17, 15) is 4.79 Å². The van der Waals surface area contributed by atoms with Crippen LogP contribution in [0.1, 0.15) is 34.5 Å². The molecule has 0 radical (unpaired) electrons. The summed E-state index contributed by atoms with van der Waals surface area (Å²) in [7, 11) is 1.63. The Morgan fingerprint density at radius 3 is 2.30 bits per heavy atom. The van der Waals surface area contributed by atoms with E-state index in [1.165, 1.54) is 0 Å². The van der Waals surface area contributed by atoms with Crippen LogP contribution >= 0.6 is 0 Å². The van der Waals surface area contributed by atoms with Crippen LogP contribution in [-0.4, -0.2) is 32.8 Å². The number of methoxy groups -OCH3 is 1. The average Bonchev–Trinajstić information content (AvgIpc) is 2.81. The molecular formula is C25H27NO4. The van der Waals surface area contributed by atoms with Crippen molar-refractivity contribution in [1.29, 1.82) is 0 Å². The Bertz CT molecular complexity index is 925. The maximum absolute atomic E-state index is 13.0. The predicted octanol–water partition coefficient (Wildman–Crippen LogP) is 4.63.